The topological polar surface area (TPSA) is 122 Å². The fourth-order valence-corrected chi connectivity index (χ4v) is 4.72. The van der Waals surface area contributed by atoms with Gasteiger partial charge in [0, 0.05) is 43.8 Å². The maximum absolute atomic E-state index is 12.9. The molecule has 2 aliphatic rings. The molecule has 1 N–H and O–H groups in total. The molecular weight excluding hydrogens is 410 g/mol. The van der Waals surface area contributed by atoms with E-state index in [4.69, 9.17) is 24.1 Å². The number of nitrogens with zero attached hydrogens (tertiary/aromatic N) is 5. The zero-order valence-electron chi connectivity index (χ0n) is 17.2. The first-order valence-corrected chi connectivity index (χ1v) is 10.8. The second kappa shape index (κ2) is 10.5. The molecule has 1 aliphatic carbocycles. The van der Waals surface area contributed by atoms with E-state index in [1.165, 1.54) is 4.88 Å². The molecule has 1 atom stereocenters. The molecule has 2 aromatic rings. The summed E-state index contributed by atoms with van der Waals surface area (Å²) in [5.74, 6) is 1.26. The Bertz CT molecular complexity index is 848. The van der Waals surface area contributed by atoms with Crippen LogP contribution in [0.5, 0.6) is 0 Å². The Kier molecular flexibility index (Phi) is 7.75. The van der Waals surface area contributed by atoms with Crippen LogP contribution in [-0.4, -0.2) is 70.9 Å². The van der Waals surface area contributed by atoms with Gasteiger partial charge in [-0.15, -0.1) is 11.3 Å². The highest BCUT2D eigenvalue weighted by Gasteiger charge is 2.30. The Morgan fingerprint density at radius 2 is 2.10 bits per heavy atom. The molecule has 0 spiro atoms. The lowest BCUT2D eigenvalue weighted by Crippen LogP contribution is -2.36. The molecule has 1 fully saturated rings. The number of hydrogen-bond acceptors (Lipinski definition) is 9. The molecule has 1 saturated heterocycles. The summed E-state index contributed by atoms with van der Waals surface area (Å²) in [7, 11) is 1.81. The second-order valence-corrected chi connectivity index (χ2v) is 8.23. The van der Waals surface area contributed by atoms with Gasteiger partial charge in [0.25, 0.3) is 6.47 Å². The van der Waals surface area contributed by atoms with Crippen molar-refractivity contribution >= 4 is 28.8 Å². The first kappa shape index (κ1) is 22.2. The Labute approximate surface area is 178 Å². The van der Waals surface area contributed by atoms with Crippen LogP contribution in [0.2, 0.25) is 0 Å². The average molecular weight is 438 g/mol. The lowest BCUT2D eigenvalue weighted by atomic mass is 9.90. The summed E-state index contributed by atoms with van der Waals surface area (Å²) in [5.41, 5.74) is 1.09. The summed E-state index contributed by atoms with van der Waals surface area (Å²) in [4.78, 5) is 35.7. The van der Waals surface area contributed by atoms with Crippen molar-refractivity contribution in [2.75, 3.05) is 38.3 Å². The minimum absolute atomic E-state index is 0.0281. The minimum atomic E-state index is -0.250. The van der Waals surface area contributed by atoms with Gasteiger partial charge in [-0.05, 0) is 12.8 Å². The van der Waals surface area contributed by atoms with E-state index in [9.17, 15) is 4.79 Å². The van der Waals surface area contributed by atoms with Gasteiger partial charge in [-0.25, -0.2) is 4.98 Å². The number of ether oxygens (including phenoxy) is 1. The molecule has 164 valence electrons. The van der Waals surface area contributed by atoms with Crippen LogP contribution >= 0.6 is 11.3 Å². The number of anilines is 1. The predicted octanol–water partition coefficient (Wildman–Crippen LogP) is 1.39. The fraction of sp³-hybridized carbons (Fsp3) is 0.632. The van der Waals surface area contributed by atoms with Gasteiger partial charge in [0.2, 0.25) is 11.8 Å². The van der Waals surface area contributed by atoms with Gasteiger partial charge >= 0.3 is 0 Å². The van der Waals surface area contributed by atoms with Crippen molar-refractivity contribution < 1.29 is 24.0 Å². The molecule has 11 heteroatoms. The molecule has 3 heterocycles. The predicted molar refractivity (Wildman–Crippen MR) is 110 cm³/mol. The number of fused-ring (bicyclic) bond motifs is 1. The van der Waals surface area contributed by atoms with Crippen molar-refractivity contribution in [1.82, 2.24) is 20.0 Å². The number of morpholine rings is 1. The standard InChI is InChI=1S/C18H25N5O3S.CH2O2/c1-3-16-20-15(21-26-16)11-22(2)17(24)12-4-5-14-13(10-12)19-18(27-14)23-6-8-25-9-7-23;2-1-3/h12H,3-11H2,1-2H3;1H,(H,2,3). The average Bonchev–Trinajstić information content (AvgIpc) is 3.40. The minimum Gasteiger partial charge on any atom is -0.483 e. The van der Waals surface area contributed by atoms with Gasteiger partial charge < -0.3 is 24.2 Å². The van der Waals surface area contributed by atoms with Crippen LogP contribution in [0.1, 0.15) is 35.6 Å². The highest BCUT2D eigenvalue weighted by molar-refractivity contribution is 7.15. The van der Waals surface area contributed by atoms with Crippen LogP contribution in [0.3, 0.4) is 0 Å². The molecule has 0 aromatic carbocycles. The molecule has 0 bridgehead atoms. The number of aryl methyl sites for hydroxylation is 2. The van der Waals surface area contributed by atoms with Gasteiger partial charge in [-0.3, -0.25) is 9.59 Å². The van der Waals surface area contributed by atoms with Crippen LogP contribution in [0, 0.1) is 5.92 Å². The molecule has 1 unspecified atom stereocenters. The summed E-state index contributed by atoms with van der Waals surface area (Å²) in [6.07, 6.45) is 3.20. The van der Waals surface area contributed by atoms with Gasteiger partial charge in [0.1, 0.15) is 0 Å². The zero-order valence-corrected chi connectivity index (χ0v) is 18.1. The number of thiazole rings is 1. The van der Waals surface area contributed by atoms with Gasteiger partial charge in [0.05, 0.1) is 25.5 Å². The van der Waals surface area contributed by atoms with Gasteiger partial charge in [-0.2, -0.15) is 4.98 Å². The first-order chi connectivity index (χ1) is 14.5. The molecule has 0 saturated carbocycles. The maximum Gasteiger partial charge on any atom is 0.290 e. The molecule has 4 rings (SSSR count). The van der Waals surface area contributed by atoms with E-state index in [2.05, 4.69) is 15.0 Å². The van der Waals surface area contributed by atoms with Crippen molar-refractivity contribution in [1.29, 1.82) is 0 Å². The number of carbonyl (C=O) groups is 2. The summed E-state index contributed by atoms with van der Waals surface area (Å²) in [6, 6.07) is 0. The lowest BCUT2D eigenvalue weighted by Gasteiger charge is -2.26. The molecule has 1 aliphatic heterocycles. The second-order valence-electron chi connectivity index (χ2n) is 7.16. The van der Waals surface area contributed by atoms with Crippen molar-refractivity contribution in [3.05, 3.63) is 22.3 Å². The number of aromatic nitrogens is 3. The van der Waals surface area contributed by atoms with Crippen LogP contribution in [0.15, 0.2) is 4.52 Å². The van der Waals surface area contributed by atoms with E-state index in [1.807, 2.05) is 6.92 Å². The highest BCUT2D eigenvalue weighted by Crippen LogP contribution is 2.34. The summed E-state index contributed by atoms with van der Waals surface area (Å²) in [6.45, 7) is 5.38. The van der Waals surface area contributed by atoms with Crippen LogP contribution in [-0.2, 0) is 40.1 Å². The van der Waals surface area contributed by atoms with Crippen LogP contribution in [0.4, 0.5) is 5.13 Å². The lowest BCUT2D eigenvalue weighted by molar-refractivity contribution is -0.135. The van der Waals surface area contributed by atoms with Crippen LogP contribution < -0.4 is 4.90 Å². The summed E-state index contributed by atoms with van der Waals surface area (Å²) >= 11 is 1.77. The van der Waals surface area contributed by atoms with E-state index in [1.54, 1.807) is 23.3 Å². The zero-order chi connectivity index (χ0) is 21.5. The number of carbonyl (C=O) groups excluding carboxylic acids is 1. The van der Waals surface area contributed by atoms with E-state index < -0.39 is 0 Å². The highest BCUT2D eigenvalue weighted by atomic mass is 32.1. The summed E-state index contributed by atoms with van der Waals surface area (Å²) < 4.78 is 10.5. The largest absolute Gasteiger partial charge is 0.483 e. The third-order valence-electron chi connectivity index (χ3n) is 5.12. The third-order valence-corrected chi connectivity index (χ3v) is 6.34. The quantitative estimate of drug-likeness (QED) is 0.691. The van der Waals surface area contributed by atoms with Crippen LogP contribution in [0.25, 0.3) is 0 Å². The molecule has 10 nitrogen and oxygen atoms in total. The number of amides is 1. The maximum atomic E-state index is 12.9. The Morgan fingerprint density at radius 3 is 2.77 bits per heavy atom. The Morgan fingerprint density at radius 1 is 1.37 bits per heavy atom. The van der Waals surface area contributed by atoms with Crippen molar-refractivity contribution in [3.8, 4) is 0 Å². The van der Waals surface area contributed by atoms with Crippen molar-refractivity contribution in [3.63, 3.8) is 0 Å². The Hall–Kier alpha value is -2.53. The van der Waals surface area contributed by atoms with Gasteiger partial charge in [0.15, 0.2) is 11.0 Å². The molecule has 2 aromatic heterocycles. The normalized spacial score (nSPS) is 18.2. The molecular formula is C19H27N5O5S. The SMILES string of the molecule is CCc1nc(CN(C)C(=O)C2CCc3sc(N4CCOCC4)nc3C2)no1.O=CO. The fourth-order valence-electron chi connectivity index (χ4n) is 3.57. The van der Waals surface area contributed by atoms with Gasteiger partial charge in [-0.1, -0.05) is 12.1 Å². The van der Waals surface area contributed by atoms with Crippen molar-refractivity contribution in [2.45, 2.75) is 39.2 Å². The smallest absolute Gasteiger partial charge is 0.290 e. The number of rotatable bonds is 5. The third kappa shape index (κ3) is 5.33. The molecule has 1 amide bonds. The number of hydrogen-bond donors (Lipinski definition) is 1. The van der Waals surface area contributed by atoms with E-state index in [0.717, 1.165) is 50.0 Å². The van der Waals surface area contributed by atoms with E-state index >= 15 is 0 Å². The van der Waals surface area contributed by atoms with E-state index in [0.29, 0.717) is 31.1 Å². The molecule has 0 radical (unpaired) electrons. The Balaban J connectivity index is 0.000000806. The first-order valence-electron chi connectivity index (χ1n) is 10.0. The summed E-state index contributed by atoms with van der Waals surface area (Å²) in [5, 5.41) is 11.9. The van der Waals surface area contributed by atoms with E-state index in [-0.39, 0.29) is 18.3 Å². The number of carboxylic acid groups (broad SMARTS) is 1. The monoisotopic (exact) mass is 437 g/mol. The van der Waals surface area contributed by atoms with Crippen molar-refractivity contribution in [2.24, 2.45) is 5.92 Å². The molecule has 30 heavy (non-hydrogen) atoms.